The molecule has 1 heterocycles. The van der Waals surface area contributed by atoms with Crippen LogP contribution in [0, 0.1) is 0 Å². The molecule has 2 aromatic carbocycles. The third-order valence-corrected chi connectivity index (χ3v) is 5.36. The van der Waals surface area contributed by atoms with Gasteiger partial charge in [-0.15, -0.1) is 0 Å². The number of nitrogens with zero attached hydrogens (tertiary/aromatic N) is 1. The molecule has 0 saturated carbocycles. The zero-order chi connectivity index (χ0) is 20.6. The fourth-order valence-corrected chi connectivity index (χ4v) is 4.05. The molecular weight excluding hydrogens is 362 g/mol. The van der Waals surface area contributed by atoms with Crippen LogP contribution in [0.15, 0.2) is 54.6 Å². The number of fused-ring (bicyclic) bond motifs is 1. The highest BCUT2D eigenvalue weighted by Crippen LogP contribution is 2.35. The Morgan fingerprint density at radius 2 is 1.69 bits per heavy atom. The van der Waals surface area contributed by atoms with Crippen LogP contribution >= 0.6 is 0 Å². The van der Waals surface area contributed by atoms with Gasteiger partial charge in [-0.2, -0.15) is 0 Å². The molecule has 0 saturated heterocycles. The molecule has 0 bridgehead atoms. The molecule has 0 spiro atoms. The van der Waals surface area contributed by atoms with Crippen LogP contribution < -0.4 is 4.74 Å². The predicted octanol–water partition coefficient (Wildman–Crippen LogP) is 5.53. The van der Waals surface area contributed by atoms with Gasteiger partial charge in [-0.1, -0.05) is 0 Å². The summed E-state index contributed by atoms with van der Waals surface area (Å²) in [4.78, 5) is 0. The van der Waals surface area contributed by atoms with E-state index in [-0.39, 0.29) is 17.5 Å². The van der Waals surface area contributed by atoms with Gasteiger partial charge in [-0.05, 0) is 99.3 Å². The number of hydrogen-bond donors (Lipinski definition) is 1. The summed E-state index contributed by atoms with van der Waals surface area (Å²) in [6, 6.07) is 18.0. The molecule has 3 aromatic rings. The number of rotatable bonds is 4. The van der Waals surface area contributed by atoms with Crippen molar-refractivity contribution in [3.63, 3.8) is 0 Å². The molecule has 1 unspecified atom stereocenters. The predicted molar refractivity (Wildman–Crippen MR) is 116 cm³/mol. The third-order valence-electron chi connectivity index (χ3n) is 5.36. The van der Waals surface area contributed by atoms with Gasteiger partial charge in [0.05, 0.1) is 11.8 Å². The lowest BCUT2D eigenvalue weighted by molar-refractivity contribution is 0.0906. The van der Waals surface area contributed by atoms with E-state index in [2.05, 4.69) is 43.5 Å². The number of aromatic nitrogens is 1. The molecule has 1 aromatic heterocycles. The third kappa shape index (κ3) is 4.18. The van der Waals surface area contributed by atoms with Crippen molar-refractivity contribution < 1.29 is 14.6 Å². The van der Waals surface area contributed by atoms with Gasteiger partial charge in [0, 0.05) is 24.9 Å². The molecule has 0 amide bonds. The van der Waals surface area contributed by atoms with E-state index in [4.69, 9.17) is 9.47 Å². The number of phenols is 1. The van der Waals surface area contributed by atoms with Crippen LogP contribution in [0.2, 0.25) is 0 Å². The average molecular weight is 392 g/mol. The van der Waals surface area contributed by atoms with E-state index in [0.29, 0.717) is 0 Å². The lowest BCUT2D eigenvalue weighted by Gasteiger charge is -2.23. The number of aromatic hydroxyl groups is 1. The standard InChI is InChI=1S/C25H29NO3/c1-25(2,3)29-21-11-5-17(6-12-21)24-16-18-15-22(28-4)13-14-23(18)26(24)19-7-9-20(27)10-8-19/h5-12,16,22,27H,13-15H2,1-4H3. The molecule has 1 atom stereocenters. The molecule has 0 fully saturated rings. The van der Waals surface area contributed by atoms with Crippen molar-refractivity contribution in [1.29, 1.82) is 0 Å². The van der Waals surface area contributed by atoms with Crippen LogP contribution in [0.5, 0.6) is 11.5 Å². The van der Waals surface area contributed by atoms with Crippen molar-refractivity contribution in [2.45, 2.75) is 51.7 Å². The molecular formula is C25H29NO3. The van der Waals surface area contributed by atoms with Crippen molar-refractivity contribution in [1.82, 2.24) is 4.57 Å². The summed E-state index contributed by atoms with van der Waals surface area (Å²) in [5.41, 5.74) is 5.80. The first-order valence-corrected chi connectivity index (χ1v) is 10.2. The van der Waals surface area contributed by atoms with Crippen LogP contribution in [0.4, 0.5) is 0 Å². The van der Waals surface area contributed by atoms with E-state index >= 15 is 0 Å². The van der Waals surface area contributed by atoms with Crippen LogP contribution in [-0.4, -0.2) is 28.5 Å². The van der Waals surface area contributed by atoms with Crippen molar-refractivity contribution in [2.75, 3.05) is 7.11 Å². The molecule has 4 heteroatoms. The molecule has 1 N–H and O–H groups in total. The van der Waals surface area contributed by atoms with Gasteiger partial charge >= 0.3 is 0 Å². The highest BCUT2D eigenvalue weighted by molar-refractivity contribution is 5.67. The van der Waals surface area contributed by atoms with E-state index in [9.17, 15) is 5.11 Å². The highest BCUT2D eigenvalue weighted by Gasteiger charge is 2.25. The largest absolute Gasteiger partial charge is 0.508 e. The Kier molecular flexibility index (Phi) is 5.13. The SMILES string of the molecule is COC1CCc2c(cc(-c3ccc(OC(C)(C)C)cc3)n2-c2ccc(O)cc2)C1. The lowest BCUT2D eigenvalue weighted by atomic mass is 9.95. The van der Waals surface area contributed by atoms with Crippen molar-refractivity contribution in [2.24, 2.45) is 0 Å². The fraction of sp³-hybridized carbons (Fsp3) is 0.360. The smallest absolute Gasteiger partial charge is 0.120 e. The molecule has 1 aliphatic carbocycles. The van der Waals surface area contributed by atoms with E-state index in [1.165, 1.54) is 11.3 Å². The molecule has 4 rings (SSSR count). The monoisotopic (exact) mass is 391 g/mol. The summed E-state index contributed by atoms with van der Waals surface area (Å²) >= 11 is 0. The number of hydrogen-bond acceptors (Lipinski definition) is 3. The minimum Gasteiger partial charge on any atom is -0.508 e. The van der Waals surface area contributed by atoms with Gasteiger partial charge in [0.2, 0.25) is 0 Å². The summed E-state index contributed by atoms with van der Waals surface area (Å²) in [5.74, 6) is 1.15. The van der Waals surface area contributed by atoms with Crippen LogP contribution in [0.1, 0.15) is 38.4 Å². The maximum absolute atomic E-state index is 9.73. The van der Waals surface area contributed by atoms with E-state index in [1.807, 2.05) is 24.3 Å². The van der Waals surface area contributed by atoms with Crippen molar-refractivity contribution in [3.8, 4) is 28.4 Å². The fourth-order valence-electron chi connectivity index (χ4n) is 4.05. The Labute approximate surface area is 172 Å². The van der Waals surface area contributed by atoms with Gasteiger partial charge in [0.15, 0.2) is 0 Å². The Bertz CT molecular complexity index is 979. The number of methoxy groups -OCH3 is 1. The summed E-state index contributed by atoms with van der Waals surface area (Å²) in [7, 11) is 1.79. The highest BCUT2D eigenvalue weighted by atomic mass is 16.5. The van der Waals surface area contributed by atoms with E-state index < -0.39 is 0 Å². The number of phenolic OH excluding ortho intramolecular Hbond substituents is 1. The normalized spacial score (nSPS) is 16.5. The minimum absolute atomic E-state index is 0.220. The van der Waals surface area contributed by atoms with Crippen LogP contribution in [-0.2, 0) is 17.6 Å². The Morgan fingerprint density at radius 3 is 2.31 bits per heavy atom. The van der Waals surface area contributed by atoms with Gasteiger partial charge in [0.1, 0.15) is 17.1 Å². The van der Waals surface area contributed by atoms with Gasteiger partial charge < -0.3 is 19.1 Å². The first-order chi connectivity index (χ1) is 13.8. The number of benzene rings is 2. The minimum atomic E-state index is -0.220. The Balaban J connectivity index is 1.78. The summed E-state index contributed by atoms with van der Waals surface area (Å²) in [5, 5.41) is 9.73. The maximum atomic E-state index is 9.73. The van der Waals surface area contributed by atoms with Crippen LogP contribution in [0.25, 0.3) is 16.9 Å². The van der Waals surface area contributed by atoms with Crippen molar-refractivity contribution in [3.05, 3.63) is 65.9 Å². The number of ether oxygens (including phenoxy) is 2. The zero-order valence-electron chi connectivity index (χ0n) is 17.6. The summed E-state index contributed by atoms with van der Waals surface area (Å²) in [6.45, 7) is 6.16. The molecule has 152 valence electrons. The Hall–Kier alpha value is -2.72. The molecule has 0 aliphatic heterocycles. The quantitative estimate of drug-likeness (QED) is 0.636. The first kappa shape index (κ1) is 19.6. The van der Waals surface area contributed by atoms with Gasteiger partial charge in [-0.3, -0.25) is 0 Å². The topological polar surface area (TPSA) is 43.6 Å². The molecule has 29 heavy (non-hydrogen) atoms. The second-order valence-corrected chi connectivity index (χ2v) is 8.69. The second-order valence-electron chi connectivity index (χ2n) is 8.69. The first-order valence-electron chi connectivity index (χ1n) is 10.2. The van der Waals surface area contributed by atoms with Gasteiger partial charge in [0.25, 0.3) is 0 Å². The van der Waals surface area contributed by atoms with E-state index in [1.54, 1.807) is 19.2 Å². The zero-order valence-corrected chi connectivity index (χ0v) is 17.6. The molecule has 1 aliphatic rings. The molecule has 4 nitrogen and oxygen atoms in total. The summed E-state index contributed by atoms with van der Waals surface area (Å²) in [6.07, 6.45) is 3.19. The van der Waals surface area contributed by atoms with E-state index in [0.717, 1.165) is 42.0 Å². The maximum Gasteiger partial charge on any atom is 0.120 e. The van der Waals surface area contributed by atoms with Gasteiger partial charge in [-0.25, -0.2) is 0 Å². The van der Waals surface area contributed by atoms with Crippen molar-refractivity contribution >= 4 is 0 Å². The summed E-state index contributed by atoms with van der Waals surface area (Å²) < 4.78 is 13.9. The lowest BCUT2D eigenvalue weighted by Crippen LogP contribution is -2.22. The Morgan fingerprint density at radius 1 is 1.00 bits per heavy atom. The average Bonchev–Trinajstić information content (AvgIpc) is 3.06. The molecule has 0 radical (unpaired) electrons. The van der Waals surface area contributed by atoms with Crippen LogP contribution in [0.3, 0.4) is 0 Å². The second kappa shape index (κ2) is 7.60.